The lowest BCUT2D eigenvalue weighted by atomic mass is 9.84. The number of nitrogens with one attached hydrogen (secondary N) is 3. The molecule has 0 aromatic rings. The van der Waals surface area contributed by atoms with Crippen molar-refractivity contribution in [3.63, 3.8) is 0 Å². The number of carbonyl (C=O) groups excluding carboxylic acids is 3. The van der Waals surface area contributed by atoms with Crippen LogP contribution in [0.3, 0.4) is 0 Å². The second kappa shape index (κ2) is 10.6. The van der Waals surface area contributed by atoms with Gasteiger partial charge in [-0.15, -0.1) is 0 Å². The van der Waals surface area contributed by atoms with E-state index in [0.717, 1.165) is 25.7 Å². The van der Waals surface area contributed by atoms with Crippen LogP contribution in [0.5, 0.6) is 0 Å². The van der Waals surface area contributed by atoms with Gasteiger partial charge in [-0.05, 0) is 38.4 Å². The van der Waals surface area contributed by atoms with Crippen LogP contribution in [0.4, 0.5) is 4.79 Å². The standard InChI is InChI=1S/C18H29N3O5S/c1-3-25-18(24)21-17(27)19-13(9-12-7-5-4-6-8-12)16(23)20-15-11(2)26-10-14(15)22/h11-13,15H,3-10H2,1-2H3,(H,20,23)(H2,19,21,24,27)/t11-,13-,15-/m0/s1. The number of ketones is 1. The van der Waals surface area contributed by atoms with E-state index >= 15 is 0 Å². The fraction of sp³-hybridized carbons (Fsp3) is 0.778. The van der Waals surface area contributed by atoms with Crippen LogP contribution in [0.15, 0.2) is 0 Å². The minimum absolute atomic E-state index is 0.00958. The van der Waals surface area contributed by atoms with Crippen molar-refractivity contribution in [1.82, 2.24) is 16.0 Å². The van der Waals surface area contributed by atoms with Crippen LogP contribution in [0.2, 0.25) is 0 Å². The Morgan fingerprint density at radius 2 is 2.00 bits per heavy atom. The van der Waals surface area contributed by atoms with E-state index in [9.17, 15) is 14.4 Å². The third-order valence-corrected chi connectivity index (χ3v) is 5.23. The van der Waals surface area contributed by atoms with Crippen molar-refractivity contribution in [2.45, 2.75) is 70.6 Å². The predicted molar refractivity (Wildman–Crippen MR) is 103 cm³/mol. The smallest absolute Gasteiger partial charge is 0.413 e. The Morgan fingerprint density at radius 3 is 2.59 bits per heavy atom. The van der Waals surface area contributed by atoms with E-state index in [4.69, 9.17) is 21.7 Å². The first-order chi connectivity index (χ1) is 12.9. The lowest BCUT2D eigenvalue weighted by molar-refractivity contribution is -0.127. The molecule has 2 amide bonds. The van der Waals surface area contributed by atoms with Crippen LogP contribution < -0.4 is 16.0 Å². The van der Waals surface area contributed by atoms with Crippen molar-refractivity contribution in [3.05, 3.63) is 0 Å². The van der Waals surface area contributed by atoms with Gasteiger partial charge in [0.1, 0.15) is 18.7 Å². The Kier molecular flexibility index (Phi) is 8.43. The van der Waals surface area contributed by atoms with Crippen molar-refractivity contribution in [2.24, 2.45) is 5.92 Å². The van der Waals surface area contributed by atoms with Crippen molar-refractivity contribution in [2.75, 3.05) is 13.2 Å². The maximum Gasteiger partial charge on any atom is 0.413 e. The number of rotatable bonds is 6. The topological polar surface area (TPSA) is 106 Å². The fourth-order valence-corrected chi connectivity index (χ4v) is 3.78. The van der Waals surface area contributed by atoms with E-state index in [1.165, 1.54) is 6.42 Å². The van der Waals surface area contributed by atoms with Crippen LogP contribution in [0.25, 0.3) is 0 Å². The van der Waals surface area contributed by atoms with Gasteiger partial charge in [0, 0.05) is 0 Å². The molecule has 9 heteroatoms. The highest BCUT2D eigenvalue weighted by molar-refractivity contribution is 7.80. The second-order valence-electron chi connectivity index (χ2n) is 7.08. The number of carbonyl (C=O) groups is 3. The van der Waals surface area contributed by atoms with Crippen molar-refractivity contribution >= 4 is 35.1 Å². The third-order valence-electron chi connectivity index (χ3n) is 5.01. The number of amides is 2. The minimum atomic E-state index is -0.667. The molecule has 0 aromatic heterocycles. The SMILES string of the molecule is CCOC(=O)NC(=S)N[C@@H](CC1CCCCC1)C(=O)N[C@@H]1C(=O)CO[C@H]1C. The summed E-state index contributed by atoms with van der Waals surface area (Å²) < 4.78 is 10.1. The molecule has 0 spiro atoms. The summed E-state index contributed by atoms with van der Waals surface area (Å²) in [4.78, 5) is 36.3. The highest BCUT2D eigenvalue weighted by atomic mass is 32.1. The van der Waals surface area contributed by atoms with E-state index in [1.54, 1.807) is 13.8 Å². The first-order valence-electron chi connectivity index (χ1n) is 9.59. The number of thiocarbonyl (C=S) groups is 1. The molecule has 3 atom stereocenters. The first kappa shape index (κ1) is 21.6. The number of alkyl carbamates (subject to hydrolysis) is 1. The summed E-state index contributed by atoms with van der Waals surface area (Å²) in [6.07, 6.45) is 5.20. The summed E-state index contributed by atoms with van der Waals surface area (Å²) in [5, 5.41) is 8.12. The van der Waals surface area contributed by atoms with Gasteiger partial charge >= 0.3 is 6.09 Å². The van der Waals surface area contributed by atoms with Crippen molar-refractivity contribution < 1.29 is 23.9 Å². The average molecular weight is 400 g/mol. The number of ether oxygens (including phenoxy) is 2. The summed E-state index contributed by atoms with van der Waals surface area (Å²) in [6, 6.07) is -1.29. The molecule has 0 aromatic carbocycles. The molecule has 1 aliphatic heterocycles. The highest BCUT2D eigenvalue weighted by Crippen LogP contribution is 2.27. The van der Waals surface area contributed by atoms with Crippen LogP contribution in [0.1, 0.15) is 52.4 Å². The van der Waals surface area contributed by atoms with Gasteiger partial charge < -0.3 is 20.1 Å². The van der Waals surface area contributed by atoms with Crippen LogP contribution in [0, 0.1) is 5.92 Å². The summed E-state index contributed by atoms with van der Waals surface area (Å²) in [5.41, 5.74) is 0. The highest BCUT2D eigenvalue weighted by Gasteiger charge is 2.36. The van der Waals surface area contributed by atoms with Gasteiger partial charge in [-0.2, -0.15) is 0 Å². The fourth-order valence-electron chi connectivity index (χ4n) is 3.55. The molecule has 1 aliphatic carbocycles. The number of hydrogen-bond acceptors (Lipinski definition) is 6. The molecule has 1 saturated carbocycles. The number of hydrogen-bond donors (Lipinski definition) is 3. The monoisotopic (exact) mass is 399 g/mol. The molecule has 0 radical (unpaired) electrons. The van der Waals surface area contributed by atoms with Crippen LogP contribution in [-0.4, -0.2) is 54.3 Å². The van der Waals surface area contributed by atoms with Gasteiger partial charge in [0.05, 0.1) is 12.7 Å². The molecule has 1 heterocycles. The Bertz CT molecular complexity index is 565. The number of Topliss-reactive ketones (excluding diaryl/α,β-unsaturated/α-hetero) is 1. The van der Waals surface area contributed by atoms with Gasteiger partial charge in [-0.3, -0.25) is 14.9 Å². The second-order valence-corrected chi connectivity index (χ2v) is 7.49. The Balaban J connectivity index is 1.99. The molecular weight excluding hydrogens is 370 g/mol. The Hall–Kier alpha value is -1.74. The Morgan fingerprint density at radius 1 is 1.30 bits per heavy atom. The molecule has 2 fully saturated rings. The van der Waals surface area contributed by atoms with Crippen LogP contribution >= 0.6 is 12.2 Å². The van der Waals surface area contributed by atoms with Crippen molar-refractivity contribution in [1.29, 1.82) is 0 Å². The predicted octanol–water partition coefficient (Wildman–Crippen LogP) is 1.42. The largest absolute Gasteiger partial charge is 0.450 e. The summed E-state index contributed by atoms with van der Waals surface area (Å²) in [6.45, 7) is 3.68. The van der Waals surface area contributed by atoms with E-state index < -0.39 is 18.2 Å². The van der Waals surface area contributed by atoms with Gasteiger partial charge in [0.25, 0.3) is 0 Å². The molecule has 1 saturated heterocycles. The first-order valence-corrected chi connectivity index (χ1v) is 10.0. The van der Waals surface area contributed by atoms with E-state index in [2.05, 4.69) is 16.0 Å². The van der Waals surface area contributed by atoms with Crippen molar-refractivity contribution in [3.8, 4) is 0 Å². The summed E-state index contributed by atoms with van der Waals surface area (Å²) in [7, 11) is 0. The minimum Gasteiger partial charge on any atom is -0.450 e. The average Bonchev–Trinajstić information content (AvgIpc) is 2.94. The molecule has 0 unspecified atom stereocenters. The molecule has 8 nitrogen and oxygen atoms in total. The molecule has 2 aliphatic rings. The zero-order valence-electron chi connectivity index (χ0n) is 15.9. The van der Waals surface area contributed by atoms with Gasteiger partial charge in [0.15, 0.2) is 10.9 Å². The lowest BCUT2D eigenvalue weighted by Crippen LogP contribution is -2.55. The van der Waals surface area contributed by atoms with Gasteiger partial charge in [-0.25, -0.2) is 4.79 Å². The third kappa shape index (κ3) is 6.73. The van der Waals surface area contributed by atoms with E-state index in [1.807, 2.05) is 0 Å². The molecule has 2 rings (SSSR count). The quantitative estimate of drug-likeness (QED) is 0.580. The zero-order chi connectivity index (χ0) is 19.8. The molecule has 3 N–H and O–H groups in total. The maximum atomic E-state index is 12.8. The lowest BCUT2D eigenvalue weighted by Gasteiger charge is -2.28. The molecular formula is C18H29N3O5S. The van der Waals surface area contributed by atoms with Crippen LogP contribution in [-0.2, 0) is 19.1 Å². The Labute approximate surface area is 165 Å². The molecule has 0 bridgehead atoms. The van der Waals surface area contributed by atoms with Gasteiger partial charge in [0.2, 0.25) is 5.91 Å². The molecule has 152 valence electrons. The summed E-state index contributed by atoms with van der Waals surface area (Å²) in [5.74, 6) is -0.0517. The zero-order valence-corrected chi connectivity index (χ0v) is 16.7. The summed E-state index contributed by atoms with van der Waals surface area (Å²) >= 11 is 5.14. The normalized spacial score (nSPS) is 24.1. The van der Waals surface area contributed by atoms with Gasteiger partial charge in [-0.1, -0.05) is 32.1 Å². The van der Waals surface area contributed by atoms with E-state index in [0.29, 0.717) is 12.3 Å². The van der Waals surface area contributed by atoms with E-state index in [-0.39, 0.29) is 36.1 Å². The molecule has 27 heavy (non-hydrogen) atoms. The maximum absolute atomic E-state index is 12.8.